The van der Waals surface area contributed by atoms with Crippen LogP contribution in [0.1, 0.15) is 49.0 Å². The SMILES string of the molecule is CCCCc1ccc(C(=O)N2CCCN(C(=O)OCC)CC2)cc1. The second-order valence-electron chi connectivity index (χ2n) is 6.13. The van der Waals surface area contributed by atoms with Crippen molar-refractivity contribution in [1.29, 1.82) is 0 Å². The highest BCUT2D eigenvalue weighted by molar-refractivity contribution is 5.94. The minimum atomic E-state index is -0.285. The lowest BCUT2D eigenvalue weighted by atomic mass is 10.1. The van der Waals surface area contributed by atoms with Crippen molar-refractivity contribution in [3.8, 4) is 0 Å². The van der Waals surface area contributed by atoms with Crippen LogP contribution in [-0.2, 0) is 11.2 Å². The minimum Gasteiger partial charge on any atom is -0.450 e. The highest BCUT2D eigenvalue weighted by atomic mass is 16.6. The minimum absolute atomic E-state index is 0.0442. The van der Waals surface area contributed by atoms with E-state index in [0.29, 0.717) is 32.8 Å². The molecule has 1 aromatic carbocycles. The second-order valence-corrected chi connectivity index (χ2v) is 6.13. The van der Waals surface area contributed by atoms with Crippen LogP contribution in [0.25, 0.3) is 0 Å². The van der Waals surface area contributed by atoms with Crippen LogP contribution in [0.5, 0.6) is 0 Å². The molecule has 0 spiro atoms. The first-order valence-corrected chi connectivity index (χ1v) is 8.95. The Hall–Kier alpha value is -2.04. The number of hydrogen-bond donors (Lipinski definition) is 0. The molecule has 1 aliphatic heterocycles. The Labute approximate surface area is 144 Å². The number of nitrogens with zero attached hydrogens (tertiary/aromatic N) is 2. The molecule has 0 atom stereocenters. The molecule has 0 radical (unpaired) electrons. The molecule has 0 aliphatic carbocycles. The zero-order valence-corrected chi connectivity index (χ0v) is 14.8. The van der Waals surface area contributed by atoms with Crippen LogP contribution in [0.15, 0.2) is 24.3 Å². The largest absolute Gasteiger partial charge is 0.450 e. The molecule has 1 aromatic rings. The lowest BCUT2D eigenvalue weighted by Crippen LogP contribution is -2.37. The van der Waals surface area contributed by atoms with E-state index in [-0.39, 0.29) is 12.0 Å². The summed E-state index contributed by atoms with van der Waals surface area (Å²) in [5.74, 6) is 0.0442. The number of amides is 2. The fraction of sp³-hybridized carbons (Fsp3) is 0.579. The lowest BCUT2D eigenvalue weighted by molar-refractivity contribution is 0.0753. The van der Waals surface area contributed by atoms with Crippen molar-refractivity contribution in [2.75, 3.05) is 32.8 Å². The van der Waals surface area contributed by atoms with Gasteiger partial charge in [-0.2, -0.15) is 0 Å². The maximum absolute atomic E-state index is 12.7. The topological polar surface area (TPSA) is 49.9 Å². The van der Waals surface area contributed by atoms with E-state index in [9.17, 15) is 9.59 Å². The van der Waals surface area contributed by atoms with Gasteiger partial charge in [0, 0.05) is 31.7 Å². The van der Waals surface area contributed by atoms with Gasteiger partial charge in [-0.15, -0.1) is 0 Å². The van der Waals surface area contributed by atoms with Gasteiger partial charge in [-0.25, -0.2) is 4.79 Å². The van der Waals surface area contributed by atoms with Crippen molar-refractivity contribution >= 4 is 12.0 Å². The Bertz CT molecular complexity index is 542. The second kappa shape index (κ2) is 9.30. The number of aryl methyl sites for hydroxylation is 1. The van der Waals surface area contributed by atoms with E-state index in [1.807, 2.05) is 29.2 Å². The average molecular weight is 332 g/mol. The number of carbonyl (C=O) groups excluding carboxylic acids is 2. The fourth-order valence-electron chi connectivity index (χ4n) is 2.90. The van der Waals surface area contributed by atoms with Crippen LogP contribution in [-0.4, -0.2) is 54.6 Å². The number of unbranched alkanes of at least 4 members (excludes halogenated alkanes) is 1. The highest BCUT2D eigenvalue weighted by Gasteiger charge is 2.23. The van der Waals surface area contributed by atoms with Gasteiger partial charge in [-0.3, -0.25) is 4.79 Å². The van der Waals surface area contributed by atoms with Crippen LogP contribution in [0.4, 0.5) is 4.79 Å². The molecule has 1 saturated heterocycles. The van der Waals surface area contributed by atoms with Gasteiger partial charge in [0.2, 0.25) is 0 Å². The van der Waals surface area contributed by atoms with Crippen molar-refractivity contribution in [2.45, 2.75) is 39.5 Å². The van der Waals surface area contributed by atoms with E-state index in [1.165, 1.54) is 18.4 Å². The molecule has 5 heteroatoms. The van der Waals surface area contributed by atoms with Crippen LogP contribution in [0, 0.1) is 0 Å². The summed E-state index contributed by atoms with van der Waals surface area (Å²) in [6.07, 6.45) is 3.89. The van der Waals surface area contributed by atoms with Crippen LogP contribution >= 0.6 is 0 Å². The summed E-state index contributed by atoms with van der Waals surface area (Å²) in [7, 11) is 0. The molecular weight excluding hydrogens is 304 g/mol. The van der Waals surface area contributed by atoms with E-state index in [1.54, 1.807) is 11.8 Å². The van der Waals surface area contributed by atoms with Gasteiger partial charge in [0.1, 0.15) is 0 Å². The summed E-state index contributed by atoms with van der Waals surface area (Å²) in [6.45, 7) is 6.74. The number of benzene rings is 1. The van der Waals surface area contributed by atoms with Crippen molar-refractivity contribution in [2.24, 2.45) is 0 Å². The molecular formula is C19H28N2O3. The van der Waals surface area contributed by atoms with Gasteiger partial charge in [0.25, 0.3) is 5.91 Å². The van der Waals surface area contributed by atoms with Gasteiger partial charge in [0.05, 0.1) is 6.61 Å². The van der Waals surface area contributed by atoms with Gasteiger partial charge >= 0.3 is 6.09 Å². The third-order valence-electron chi connectivity index (χ3n) is 4.33. The zero-order valence-electron chi connectivity index (χ0n) is 14.8. The van der Waals surface area contributed by atoms with Crippen molar-refractivity contribution < 1.29 is 14.3 Å². The maximum Gasteiger partial charge on any atom is 0.409 e. The van der Waals surface area contributed by atoms with Crippen molar-refractivity contribution in [1.82, 2.24) is 9.80 Å². The smallest absolute Gasteiger partial charge is 0.409 e. The quantitative estimate of drug-likeness (QED) is 0.831. The molecule has 1 aliphatic rings. The third kappa shape index (κ3) is 4.98. The maximum atomic E-state index is 12.7. The molecule has 5 nitrogen and oxygen atoms in total. The van der Waals surface area contributed by atoms with Crippen LogP contribution in [0.2, 0.25) is 0 Å². The van der Waals surface area contributed by atoms with Gasteiger partial charge in [-0.1, -0.05) is 25.5 Å². The molecule has 0 N–H and O–H groups in total. The predicted octanol–water partition coefficient (Wildman–Crippen LogP) is 3.33. The monoisotopic (exact) mass is 332 g/mol. The molecule has 132 valence electrons. The number of carbonyl (C=O) groups is 2. The number of ether oxygens (including phenoxy) is 1. The first kappa shape index (κ1) is 18.3. The molecule has 0 aromatic heterocycles. The molecule has 0 saturated carbocycles. The Balaban J connectivity index is 1.93. The molecule has 24 heavy (non-hydrogen) atoms. The summed E-state index contributed by atoms with van der Waals surface area (Å²) >= 11 is 0. The Morgan fingerprint density at radius 3 is 2.33 bits per heavy atom. The summed E-state index contributed by atoms with van der Waals surface area (Å²) < 4.78 is 5.05. The summed E-state index contributed by atoms with van der Waals surface area (Å²) in [5, 5.41) is 0. The van der Waals surface area contributed by atoms with E-state index >= 15 is 0 Å². The first-order chi connectivity index (χ1) is 11.7. The fourth-order valence-corrected chi connectivity index (χ4v) is 2.90. The van der Waals surface area contributed by atoms with Crippen LogP contribution in [0.3, 0.4) is 0 Å². The lowest BCUT2D eigenvalue weighted by Gasteiger charge is -2.22. The zero-order chi connectivity index (χ0) is 17.4. The van der Waals surface area contributed by atoms with E-state index in [2.05, 4.69) is 6.92 Å². The average Bonchev–Trinajstić information content (AvgIpc) is 2.86. The number of rotatable bonds is 5. The standard InChI is InChI=1S/C19H28N2O3/c1-3-5-7-16-8-10-17(11-9-16)18(22)20-12-6-13-21(15-14-20)19(23)24-4-2/h8-11H,3-7,12-15H2,1-2H3. The molecule has 2 rings (SSSR count). The molecule has 1 heterocycles. The first-order valence-electron chi connectivity index (χ1n) is 8.95. The van der Waals surface area contributed by atoms with E-state index < -0.39 is 0 Å². The number of hydrogen-bond acceptors (Lipinski definition) is 3. The van der Waals surface area contributed by atoms with Crippen molar-refractivity contribution in [3.63, 3.8) is 0 Å². The van der Waals surface area contributed by atoms with Gasteiger partial charge in [0.15, 0.2) is 0 Å². The summed E-state index contributed by atoms with van der Waals surface area (Å²) in [6, 6.07) is 7.93. The normalized spacial score (nSPS) is 15.1. The van der Waals surface area contributed by atoms with E-state index in [4.69, 9.17) is 4.74 Å². The van der Waals surface area contributed by atoms with Crippen LogP contribution < -0.4 is 0 Å². The van der Waals surface area contributed by atoms with Gasteiger partial charge < -0.3 is 14.5 Å². The van der Waals surface area contributed by atoms with Gasteiger partial charge in [-0.05, 0) is 43.9 Å². The molecule has 2 amide bonds. The molecule has 1 fully saturated rings. The summed E-state index contributed by atoms with van der Waals surface area (Å²) in [4.78, 5) is 28.0. The summed E-state index contributed by atoms with van der Waals surface area (Å²) in [5.41, 5.74) is 2.00. The Morgan fingerprint density at radius 2 is 1.67 bits per heavy atom. The third-order valence-corrected chi connectivity index (χ3v) is 4.33. The highest BCUT2D eigenvalue weighted by Crippen LogP contribution is 2.13. The Kier molecular flexibility index (Phi) is 7.09. The van der Waals surface area contributed by atoms with E-state index in [0.717, 1.165) is 18.4 Å². The molecule has 0 bridgehead atoms. The predicted molar refractivity (Wildman–Crippen MR) is 94.2 cm³/mol. The van der Waals surface area contributed by atoms with Crippen molar-refractivity contribution in [3.05, 3.63) is 35.4 Å². The molecule has 0 unspecified atom stereocenters. The Morgan fingerprint density at radius 1 is 1.00 bits per heavy atom.